The van der Waals surface area contributed by atoms with Crippen LogP contribution in [0.5, 0.6) is 0 Å². The molecule has 2 N–H and O–H groups in total. The van der Waals surface area contributed by atoms with Crippen molar-refractivity contribution in [2.45, 2.75) is 19.9 Å². The highest BCUT2D eigenvalue weighted by atomic mass is 127. The molecule has 0 atom stereocenters. The van der Waals surface area contributed by atoms with Gasteiger partial charge in [-0.05, 0) is 41.1 Å². The Morgan fingerprint density at radius 3 is 2.73 bits per heavy atom. The maximum absolute atomic E-state index is 5.89. The van der Waals surface area contributed by atoms with Crippen molar-refractivity contribution in [1.29, 1.82) is 0 Å². The van der Waals surface area contributed by atoms with Crippen molar-refractivity contribution in [3.63, 3.8) is 0 Å². The molecule has 5 heteroatoms. The van der Waals surface area contributed by atoms with E-state index in [0.717, 1.165) is 22.4 Å². The van der Waals surface area contributed by atoms with Gasteiger partial charge in [0.05, 0.1) is 16.3 Å². The lowest BCUT2D eigenvalue weighted by molar-refractivity contribution is 0.705. The van der Waals surface area contributed by atoms with Gasteiger partial charge in [0.25, 0.3) is 0 Å². The first kappa shape index (κ1) is 10.9. The van der Waals surface area contributed by atoms with Crippen LogP contribution in [-0.2, 0) is 13.0 Å². The van der Waals surface area contributed by atoms with Gasteiger partial charge < -0.3 is 5.73 Å². The second-order valence-electron chi connectivity index (χ2n) is 3.26. The van der Waals surface area contributed by atoms with E-state index in [-0.39, 0.29) is 0 Å². The second kappa shape index (κ2) is 4.52. The molecule has 15 heavy (non-hydrogen) atoms. The molecule has 2 heterocycles. The van der Waals surface area contributed by atoms with E-state index in [1.807, 2.05) is 16.0 Å². The molecule has 0 aliphatic rings. The quantitative estimate of drug-likeness (QED) is 0.878. The number of aryl methyl sites for hydroxylation is 1. The van der Waals surface area contributed by atoms with Crippen LogP contribution in [-0.4, -0.2) is 9.78 Å². The Kier molecular flexibility index (Phi) is 3.30. The molecule has 0 fully saturated rings. The Morgan fingerprint density at radius 1 is 1.47 bits per heavy atom. The number of thiophene rings is 1. The second-order valence-corrected chi connectivity index (χ2v) is 5.67. The monoisotopic (exact) mass is 333 g/mol. The molecule has 2 aromatic heterocycles. The third-order valence-electron chi connectivity index (χ3n) is 2.20. The summed E-state index contributed by atoms with van der Waals surface area (Å²) in [6.45, 7) is 2.94. The van der Waals surface area contributed by atoms with Crippen molar-refractivity contribution in [3.05, 3.63) is 31.7 Å². The number of nitrogens with zero attached hydrogens (tertiary/aromatic N) is 2. The van der Waals surface area contributed by atoms with Gasteiger partial charge in [-0.25, -0.2) is 4.68 Å². The summed E-state index contributed by atoms with van der Waals surface area (Å²) in [5.41, 5.74) is 5.89. The Hall–Kier alpha value is -0.560. The lowest BCUT2D eigenvalue weighted by atomic mass is 10.4. The van der Waals surface area contributed by atoms with Crippen molar-refractivity contribution in [3.8, 4) is 0 Å². The zero-order chi connectivity index (χ0) is 10.8. The van der Waals surface area contributed by atoms with Crippen LogP contribution in [0.2, 0.25) is 0 Å². The van der Waals surface area contributed by atoms with Gasteiger partial charge in [-0.3, -0.25) is 0 Å². The summed E-state index contributed by atoms with van der Waals surface area (Å²) >= 11 is 4.02. The summed E-state index contributed by atoms with van der Waals surface area (Å²) in [7, 11) is 0. The Labute approximate surface area is 106 Å². The van der Waals surface area contributed by atoms with E-state index in [2.05, 4.69) is 46.7 Å². The minimum absolute atomic E-state index is 0.752. The molecule has 0 aromatic carbocycles. The average Bonchev–Trinajstić information content (AvgIpc) is 2.80. The minimum Gasteiger partial charge on any atom is -0.383 e. The zero-order valence-corrected chi connectivity index (χ0v) is 11.4. The highest BCUT2D eigenvalue weighted by Gasteiger charge is 2.06. The predicted octanol–water partition coefficient (Wildman–Crippen LogP) is 2.74. The number of rotatable bonds is 3. The van der Waals surface area contributed by atoms with Gasteiger partial charge in [0, 0.05) is 9.75 Å². The normalized spacial score (nSPS) is 10.8. The van der Waals surface area contributed by atoms with E-state index in [9.17, 15) is 0 Å². The lowest BCUT2D eigenvalue weighted by Gasteiger charge is -2.01. The van der Waals surface area contributed by atoms with Crippen molar-refractivity contribution in [1.82, 2.24) is 9.78 Å². The Morgan fingerprint density at radius 2 is 2.20 bits per heavy atom. The van der Waals surface area contributed by atoms with Crippen LogP contribution in [0, 0.1) is 3.57 Å². The summed E-state index contributed by atoms with van der Waals surface area (Å²) in [6.07, 6.45) is 2.89. The number of nitrogens with two attached hydrogens (primary N) is 1. The number of hydrogen-bond donors (Lipinski definition) is 1. The lowest BCUT2D eigenvalue weighted by Crippen LogP contribution is -2.04. The van der Waals surface area contributed by atoms with Crippen molar-refractivity contribution in [2.24, 2.45) is 0 Å². The average molecular weight is 333 g/mol. The van der Waals surface area contributed by atoms with E-state index in [4.69, 9.17) is 5.73 Å². The number of aromatic nitrogens is 2. The molecule has 3 nitrogen and oxygen atoms in total. The maximum atomic E-state index is 5.89. The van der Waals surface area contributed by atoms with Gasteiger partial charge in [-0.2, -0.15) is 5.10 Å². The topological polar surface area (TPSA) is 43.8 Å². The van der Waals surface area contributed by atoms with E-state index >= 15 is 0 Å². The number of nitrogen functional groups attached to an aromatic ring is 1. The summed E-state index contributed by atoms with van der Waals surface area (Å²) in [5.74, 6) is 0.752. The largest absolute Gasteiger partial charge is 0.383 e. The first-order valence-electron chi connectivity index (χ1n) is 4.75. The predicted molar refractivity (Wildman–Crippen MR) is 72.2 cm³/mol. The van der Waals surface area contributed by atoms with Crippen LogP contribution in [0.4, 0.5) is 5.82 Å². The number of anilines is 1. The van der Waals surface area contributed by atoms with Gasteiger partial charge in [0.15, 0.2) is 0 Å². The summed E-state index contributed by atoms with van der Waals surface area (Å²) in [4.78, 5) is 2.71. The third-order valence-corrected chi connectivity index (χ3v) is 4.25. The van der Waals surface area contributed by atoms with E-state index < -0.39 is 0 Å². The van der Waals surface area contributed by atoms with E-state index in [1.54, 1.807) is 6.20 Å². The standard InChI is InChI=1S/C10H12IN3S/c1-2-7-3-4-8(15-7)6-14-10(12)9(11)5-13-14/h3-5H,2,6,12H2,1H3. The molecular weight excluding hydrogens is 321 g/mol. The fourth-order valence-electron chi connectivity index (χ4n) is 1.34. The van der Waals surface area contributed by atoms with Crippen LogP contribution < -0.4 is 5.73 Å². The van der Waals surface area contributed by atoms with Crippen LogP contribution >= 0.6 is 33.9 Å². The van der Waals surface area contributed by atoms with Crippen LogP contribution in [0.3, 0.4) is 0 Å². The number of hydrogen-bond acceptors (Lipinski definition) is 3. The smallest absolute Gasteiger partial charge is 0.135 e. The molecule has 0 aliphatic heterocycles. The van der Waals surface area contributed by atoms with E-state index in [1.165, 1.54) is 9.75 Å². The molecule has 0 saturated heterocycles. The van der Waals surface area contributed by atoms with Gasteiger partial charge in [0.1, 0.15) is 5.82 Å². The SMILES string of the molecule is CCc1ccc(Cn2ncc(I)c2N)s1. The molecule has 0 spiro atoms. The van der Waals surface area contributed by atoms with E-state index in [0.29, 0.717) is 0 Å². The molecule has 0 aliphatic carbocycles. The summed E-state index contributed by atoms with van der Waals surface area (Å²) in [6, 6.07) is 4.32. The molecule has 0 unspecified atom stereocenters. The van der Waals surface area contributed by atoms with Crippen LogP contribution in [0.1, 0.15) is 16.7 Å². The van der Waals surface area contributed by atoms with Crippen molar-refractivity contribution in [2.75, 3.05) is 5.73 Å². The van der Waals surface area contributed by atoms with Crippen LogP contribution in [0.25, 0.3) is 0 Å². The van der Waals surface area contributed by atoms with Gasteiger partial charge in [-0.1, -0.05) is 6.92 Å². The zero-order valence-electron chi connectivity index (χ0n) is 8.40. The fourth-order valence-corrected chi connectivity index (χ4v) is 2.69. The summed E-state index contributed by atoms with van der Waals surface area (Å²) < 4.78 is 2.85. The highest BCUT2D eigenvalue weighted by Crippen LogP contribution is 2.20. The maximum Gasteiger partial charge on any atom is 0.135 e. The molecular formula is C10H12IN3S. The van der Waals surface area contributed by atoms with Crippen molar-refractivity contribution >= 4 is 39.7 Å². The van der Waals surface area contributed by atoms with Crippen LogP contribution in [0.15, 0.2) is 18.3 Å². The van der Waals surface area contributed by atoms with Gasteiger partial charge in [0.2, 0.25) is 0 Å². The van der Waals surface area contributed by atoms with Gasteiger partial charge >= 0.3 is 0 Å². The summed E-state index contributed by atoms with van der Waals surface area (Å²) in [5, 5.41) is 4.24. The number of halogens is 1. The Bertz CT molecular complexity index is 461. The molecule has 0 bridgehead atoms. The molecule has 0 saturated carbocycles. The molecule has 0 amide bonds. The third kappa shape index (κ3) is 2.34. The first-order chi connectivity index (χ1) is 7.20. The molecule has 2 aromatic rings. The van der Waals surface area contributed by atoms with Crippen molar-refractivity contribution < 1.29 is 0 Å². The Balaban J connectivity index is 2.18. The highest BCUT2D eigenvalue weighted by molar-refractivity contribution is 14.1. The fraction of sp³-hybridized carbons (Fsp3) is 0.300. The minimum atomic E-state index is 0.752. The van der Waals surface area contributed by atoms with Gasteiger partial charge in [-0.15, -0.1) is 11.3 Å². The first-order valence-corrected chi connectivity index (χ1v) is 6.64. The molecule has 80 valence electrons. The molecule has 2 rings (SSSR count). The molecule has 0 radical (unpaired) electrons.